The zero-order valence-corrected chi connectivity index (χ0v) is 17.4. The summed E-state index contributed by atoms with van der Waals surface area (Å²) in [4.78, 5) is 4.74. The van der Waals surface area contributed by atoms with Crippen LogP contribution in [0.25, 0.3) is 42.2 Å². The minimum Gasteiger partial charge on any atom is -0.256 e. The third-order valence-electron chi connectivity index (χ3n) is 6.36. The van der Waals surface area contributed by atoms with Gasteiger partial charge in [-0.3, -0.25) is 4.98 Å². The largest absolute Gasteiger partial charge is 0.256 e. The van der Waals surface area contributed by atoms with Gasteiger partial charge in [-0.15, -0.1) is 11.3 Å². The Hall–Kier alpha value is -2.71. The zero-order chi connectivity index (χ0) is 20.3. The Bertz CT molecular complexity index is 1430. The number of thiophene rings is 1. The molecule has 1 aliphatic rings. The number of aryl methyl sites for hydroxylation is 1. The average molecular weight is 395 g/mol. The maximum atomic E-state index is 8.92. The molecule has 1 saturated carbocycles. The van der Waals surface area contributed by atoms with Crippen molar-refractivity contribution in [3.05, 3.63) is 78.0 Å². The standard InChI is InChI=1S/C27H23NS/c1-17-15-24-22-11-6-12-23(25-16-19(13-14-28-25)18-7-2-3-8-18)26(22)29-27(24)21-10-5-4-9-20(17)21/h4-6,9-16,18H,2-3,7-8H2,1H3/i18D. The summed E-state index contributed by atoms with van der Waals surface area (Å²) >= 11 is 1.87. The Morgan fingerprint density at radius 3 is 2.48 bits per heavy atom. The lowest BCUT2D eigenvalue weighted by molar-refractivity contribution is 0.722. The van der Waals surface area contributed by atoms with Crippen molar-refractivity contribution in [2.45, 2.75) is 38.5 Å². The minimum absolute atomic E-state index is 0.445. The van der Waals surface area contributed by atoms with Crippen LogP contribution in [0.1, 0.15) is 44.1 Å². The fourth-order valence-electron chi connectivity index (χ4n) is 4.89. The van der Waals surface area contributed by atoms with E-state index in [1.807, 2.05) is 23.6 Å². The van der Waals surface area contributed by atoms with Crippen LogP contribution in [0.5, 0.6) is 0 Å². The van der Waals surface area contributed by atoms with E-state index >= 15 is 0 Å². The molecular weight excluding hydrogens is 370 g/mol. The van der Waals surface area contributed by atoms with E-state index in [-0.39, 0.29) is 0 Å². The van der Waals surface area contributed by atoms with Gasteiger partial charge in [-0.1, -0.05) is 55.3 Å². The van der Waals surface area contributed by atoms with Crippen molar-refractivity contribution in [3.8, 4) is 11.3 Å². The number of rotatable bonds is 2. The van der Waals surface area contributed by atoms with E-state index in [0.29, 0.717) is 0 Å². The molecule has 0 atom stereocenters. The van der Waals surface area contributed by atoms with Crippen molar-refractivity contribution in [1.82, 2.24) is 4.98 Å². The number of pyridine rings is 1. The maximum absolute atomic E-state index is 8.92. The van der Waals surface area contributed by atoms with E-state index < -0.39 is 5.89 Å². The molecule has 1 aliphatic carbocycles. The fraction of sp³-hybridized carbons (Fsp3) is 0.222. The van der Waals surface area contributed by atoms with Crippen LogP contribution in [0.15, 0.2) is 66.9 Å². The summed E-state index contributed by atoms with van der Waals surface area (Å²) in [7, 11) is 0. The average Bonchev–Trinajstić information content (AvgIpc) is 3.39. The van der Waals surface area contributed by atoms with Crippen molar-refractivity contribution in [3.63, 3.8) is 0 Å². The highest BCUT2D eigenvalue weighted by Crippen LogP contribution is 2.43. The molecule has 0 spiro atoms. The first-order valence-electron chi connectivity index (χ1n) is 10.9. The Morgan fingerprint density at radius 1 is 0.862 bits per heavy atom. The van der Waals surface area contributed by atoms with Gasteiger partial charge in [-0.25, -0.2) is 0 Å². The van der Waals surface area contributed by atoms with Crippen molar-refractivity contribution in [1.29, 1.82) is 0 Å². The summed E-state index contributed by atoms with van der Waals surface area (Å²) in [5.74, 6) is -0.445. The molecule has 0 radical (unpaired) electrons. The second-order valence-corrected chi connectivity index (χ2v) is 9.16. The topological polar surface area (TPSA) is 12.9 Å². The number of benzene rings is 3. The molecule has 0 N–H and O–H groups in total. The first kappa shape index (κ1) is 16.1. The molecule has 0 bridgehead atoms. The van der Waals surface area contributed by atoms with Gasteiger partial charge >= 0.3 is 0 Å². The molecule has 0 amide bonds. The van der Waals surface area contributed by atoms with Crippen molar-refractivity contribution in [2.24, 2.45) is 0 Å². The summed E-state index contributed by atoms with van der Waals surface area (Å²) in [6.45, 7) is 2.20. The first-order valence-corrected chi connectivity index (χ1v) is 11.3. The Balaban J connectivity index is 1.61. The van der Waals surface area contributed by atoms with Crippen molar-refractivity contribution in [2.75, 3.05) is 0 Å². The Labute approximate surface area is 176 Å². The van der Waals surface area contributed by atoms with E-state index in [2.05, 4.69) is 61.5 Å². The van der Waals surface area contributed by atoms with Crippen LogP contribution in [-0.2, 0) is 0 Å². The van der Waals surface area contributed by atoms with Crippen LogP contribution in [0, 0.1) is 6.92 Å². The molecule has 142 valence electrons. The second-order valence-electron chi connectivity index (χ2n) is 8.14. The lowest BCUT2D eigenvalue weighted by Crippen LogP contribution is -1.94. The maximum Gasteiger partial charge on any atom is 0.0719 e. The van der Waals surface area contributed by atoms with Gasteiger partial charge < -0.3 is 0 Å². The highest BCUT2D eigenvalue weighted by Gasteiger charge is 2.19. The van der Waals surface area contributed by atoms with Gasteiger partial charge in [0.05, 0.1) is 5.69 Å². The van der Waals surface area contributed by atoms with E-state index in [4.69, 9.17) is 6.35 Å². The molecule has 2 heteroatoms. The van der Waals surface area contributed by atoms with Crippen LogP contribution in [0.3, 0.4) is 0 Å². The number of fused-ring (bicyclic) bond motifs is 5. The van der Waals surface area contributed by atoms with Crippen LogP contribution < -0.4 is 0 Å². The third kappa shape index (κ3) is 2.70. The quantitative estimate of drug-likeness (QED) is 0.294. The van der Waals surface area contributed by atoms with E-state index in [0.717, 1.165) is 36.9 Å². The van der Waals surface area contributed by atoms with E-state index in [1.165, 1.54) is 42.1 Å². The zero-order valence-electron chi connectivity index (χ0n) is 17.5. The summed E-state index contributed by atoms with van der Waals surface area (Å²) in [5, 5.41) is 5.29. The first-order chi connectivity index (χ1) is 14.6. The number of hydrogen-bond acceptors (Lipinski definition) is 2. The molecule has 6 rings (SSSR count). The fourth-order valence-corrected chi connectivity index (χ4v) is 6.23. The highest BCUT2D eigenvalue weighted by atomic mass is 32.1. The number of hydrogen-bond donors (Lipinski definition) is 0. The van der Waals surface area contributed by atoms with Gasteiger partial charge in [0.25, 0.3) is 0 Å². The SMILES string of the molecule is [2H]C1(c2ccnc(-c3cccc4c3sc3c5ccccc5c(C)cc43)c2)CCCC1. The summed E-state index contributed by atoms with van der Waals surface area (Å²) in [5.41, 5.74) is 4.60. The molecule has 2 aromatic heterocycles. The van der Waals surface area contributed by atoms with Crippen LogP contribution in [0.2, 0.25) is 0 Å². The number of aromatic nitrogens is 1. The Kier molecular flexibility index (Phi) is 3.71. The summed E-state index contributed by atoms with van der Waals surface area (Å²) in [6.07, 6.45) is 6.10. The Morgan fingerprint density at radius 2 is 1.62 bits per heavy atom. The lowest BCUT2D eigenvalue weighted by atomic mass is 9.96. The smallest absolute Gasteiger partial charge is 0.0719 e. The van der Waals surface area contributed by atoms with Gasteiger partial charge in [-0.2, -0.15) is 0 Å². The van der Waals surface area contributed by atoms with Gasteiger partial charge in [0.1, 0.15) is 0 Å². The molecule has 0 aliphatic heterocycles. The summed E-state index contributed by atoms with van der Waals surface area (Å²) in [6, 6.07) is 21.8. The third-order valence-corrected chi connectivity index (χ3v) is 7.65. The van der Waals surface area contributed by atoms with E-state index in [1.54, 1.807) is 0 Å². The molecular formula is C27H23NS. The highest BCUT2D eigenvalue weighted by molar-refractivity contribution is 7.27. The molecule has 1 nitrogen and oxygen atoms in total. The molecule has 1 fully saturated rings. The van der Waals surface area contributed by atoms with Crippen LogP contribution >= 0.6 is 11.3 Å². The minimum atomic E-state index is -0.445. The molecule has 5 aromatic rings. The summed E-state index contributed by atoms with van der Waals surface area (Å²) < 4.78 is 11.6. The second kappa shape index (κ2) is 6.67. The van der Waals surface area contributed by atoms with Crippen molar-refractivity contribution >= 4 is 42.3 Å². The van der Waals surface area contributed by atoms with Crippen LogP contribution in [0.4, 0.5) is 0 Å². The molecule has 29 heavy (non-hydrogen) atoms. The number of nitrogens with zero attached hydrogens (tertiary/aromatic N) is 1. The van der Waals surface area contributed by atoms with E-state index in [9.17, 15) is 0 Å². The predicted molar refractivity (Wildman–Crippen MR) is 126 cm³/mol. The monoisotopic (exact) mass is 394 g/mol. The molecule has 0 unspecified atom stereocenters. The lowest BCUT2D eigenvalue weighted by Gasteiger charge is -2.11. The van der Waals surface area contributed by atoms with Gasteiger partial charge in [-0.05, 0) is 65.8 Å². The molecule has 2 heterocycles. The molecule has 0 saturated heterocycles. The van der Waals surface area contributed by atoms with Gasteiger partial charge in [0.2, 0.25) is 0 Å². The van der Waals surface area contributed by atoms with Crippen molar-refractivity contribution < 1.29 is 1.37 Å². The normalized spacial score (nSPS) is 16.7. The predicted octanol–water partition coefficient (Wildman–Crippen LogP) is 8.24. The van der Waals surface area contributed by atoms with Gasteiger partial charge in [0.15, 0.2) is 0 Å². The molecule has 3 aromatic carbocycles. The van der Waals surface area contributed by atoms with Gasteiger partial charge in [0, 0.05) is 33.3 Å². The van der Waals surface area contributed by atoms with Crippen LogP contribution in [-0.4, -0.2) is 4.98 Å².